The predicted molar refractivity (Wildman–Crippen MR) is 123 cm³/mol. The Labute approximate surface area is 191 Å². The van der Waals surface area contributed by atoms with Crippen molar-refractivity contribution in [2.24, 2.45) is 0 Å². The van der Waals surface area contributed by atoms with E-state index in [0.717, 1.165) is 29.8 Å². The molecule has 5 rings (SSSR count). The number of nitrogens with one attached hydrogen (secondary N) is 1. The molecule has 1 saturated heterocycles. The van der Waals surface area contributed by atoms with Gasteiger partial charge >= 0.3 is 0 Å². The average molecular weight is 441 g/mol. The zero-order chi connectivity index (χ0) is 22.5. The number of carbonyl (C=O) groups is 1. The Morgan fingerprint density at radius 3 is 2.79 bits per heavy atom. The Kier molecular flexibility index (Phi) is 6.06. The lowest BCUT2D eigenvalue weighted by Crippen LogP contribution is -2.31. The zero-order valence-electron chi connectivity index (χ0n) is 18.1. The molecule has 0 saturated carbocycles. The number of para-hydroxylation sites is 1. The minimum Gasteiger partial charge on any atom is -0.361 e. The number of amides is 1. The van der Waals surface area contributed by atoms with E-state index in [1.54, 1.807) is 24.7 Å². The molecule has 0 aliphatic carbocycles. The van der Waals surface area contributed by atoms with Gasteiger partial charge in [0.2, 0.25) is 5.91 Å². The number of aromatic nitrogens is 4. The first-order valence-electron chi connectivity index (χ1n) is 11.1. The lowest BCUT2D eigenvalue weighted by Gasteiger charge is -2.24. The maximum Gasteiger partial charge on any atom is 0.223 e. The third-order valence-electron chi connectivity index (χ3n) is 5.69. The number of pyridine rings is 1. The van der Waals surface area contributed by atoms with Crippen LogP contribution in [0.5, 0.6) is 0 Å². The van der Waals surface area contributed by atoms with Gasteiger partial charge in [-0.3, -0.25) is 9.78 Å². The van der Waals surface area contributed by atoms with Crippen LogP contribution in [0.15, 0.2) is 77.7 Å². The highest BCUT2D eigenvalue weighted by Crippen LogP contribution is 2.33. The Bertz CT molecular complexity index is 1200. The van der Waals surface area contributed by atoms with E-state index < -0.39 is 0 Å². The number of hydrogen-bond donors (Lipinski definition) is 1. The molecule has 3 aromatic heterocycles. The molecule has 0 unspecified atom stereocenters. The third-order valence-corrected chi connectivity index (χ3v) is 5.69. The first-order valence-corrected chi connectivity index (χ1v) is 11.1. The van der Waals surface area contributed by atoms with Crippen molar-refractivity contribution in [1.82, 2.24) is 25.0 Å². The van der Waals surface area contributed by atoms with Crippen LogP contribution in [0.1, 0.15) is 36.9 Å². The Morgan fingerprint density at radius 1 is 1.09 bits per heavy atom. The molecular weight excluding hydrogens is 416 g/mol. The largest absolute Gasteiger partial charge is 0.361 e. The summed E-state index contributed by atoms with van der Waals surface area (Å²) < 4.78 is 5.14. The van der Waals surface area contributed by atoms with E-state index in [9.17, 15) is 4.79 Å². The molecule has 4 aromatic rings. The SMILES string of the molecule is O=C(CCc1ccno1)N1CCC[C@@H]1c1nc(Nc2ccccc2)cc(-c2cccnc2)n1. The van der Waals surface area contributed by atoms with E-state index in [1.165, 1.54) is 0 Å². The molecule has 8 nitrogen and oxygen atoms in total. The van der Waals surface area contributed by atoms with E-state index in [-0.39, 0.29) is 11.9 Å². The summed E-state index contributed by atoms with van der Waals surface area (Å²) in [7, 11) is 0. The Hall–Kier alpha value is -4.07. The maximum atomic E-state index is 13.0. The second-order valence-electron chi connectivity index (χ2n) is 7.95. The van der Waals surface area contributed by atoms with Crippen molar-refractivity contribution < 1.29 is 9.32 Å². The van der Waals surface area contributed by atoms with Crippen molar-refractivity contribution in [2.75, 3.05) is 11.9 Å². The van der Waals surface area contributed by atoms with Gasteiger partial charge in [0.05, 0.1) is 17.9 Å². The van der Waals surface area contributed by atoms with Gasteiger partial charge in [-0.25, -0.2) is 9.97 Å². The summed E-state index contributed by atoms with van der Waals surface area (Å²) in [5, 5.41) is 7.08. The van der Waals surface area contributed by atoms with Crippen molar-refractivity contribution in [2.45, 2.75) is 31.7 Å². The fourth-order valence-corrected chi connectivity index (χ4v) is 4.09. The average Bonchev–Trinajstić information content (AvgIpc) is 3.56. The van der Waals surface area contributed by atoms with Crippen LogP contribution in [-0.2, 0) is 11.2 Å². The molecule has 4 heterocycles. The Morgan fingerprint density at radius 2 is 2.00 bits per heavy atom. The second-order valence-corrected chi connectivity index (χ2v) is 7.95. The quantitative estimate of drug-likeness (QED) is 0.450. The summed E-state index contributed by atoms with van der Waals surface area (Å²) in [5.74, 6) is 2.11. The summed E-state index contributed by atoms with van der Waals surface area (Å²) in [6.45, 7) is 0.696. The van der Waals surface area contributed by atoms with E-state index in [2.05, 4.69) is 15.5 Å². The van der Waals surface area contributed by atoms with E-state index in [4.69, 9.17) is 14.5 Å². The molecular formula is C25H24N6O2. The van der Waals surface area contributed by atoms with Gasteiger partial charge < -0.3 is 14.7 Å². The molecule has 0 bridgehead atoms. The number of carbonyl (C=O) groups excluding carboxylic acids is 1. The molecule has 1 N–H and O–H groups in total. The predicted octanol–water partition coefficient (Wildman–Crippen LogP) is 4.57. The molecule has 1 aliphatic heterocycles. The lowest BCUT2D eigenvalue weighted by molar-refractivity contribution is -0.132. The number of hydrogen-bond acceptors (Lipinski definition) is 7. The van der Waals surface area contributed by atoms with E-state index >= 15 is 0 Å². The molecule has 0 spiro atoms. The number of nitrogens with zero attached hydrogens (tertiary/aromatic N) is 5. The molecule has 8 heteroatoms. The number of anilines is 2. The van der Waals surface area contributed by atoms with Gasteiger partial charge in [-0.2, -0.15) is 0 Å². The molecule has 1 aromatic carbocycles. The fourth-order valence-electron chi connectivity index (χ4n) is 4.09. The molecule has 1 fully saturated rings. The van der Waals surface area contributed by atoms with Crippen LogP contribution in [-0.4, -0.2) is 37.5 Å². The van der Waals surface area contributed by atoms with Crippen molar-refractivity contribution >= 4 is 17.4 Å². The molecule has 166 valence electrons. The number of aryl methyl sites for hydroxylation is 1. The lowest BCUT2D eigenvalue weighted by atomic mass is 10.1. The van der Waals surface area contributed by atoms with Gasteiger partial charge in [0.25, 0.3) is 0 Å². The third kappa shape index (κ3) is 4.90. The molecule has 0 radical (unpaired) electrons. The maximum absolute atomic E-state index is 13.0. The molecule has 33 heavy (non-hydrogen) atoms. The van der Waals surface area contributed by atoms with Gasteiger partial charge in [-0.1, -0.05) is 23.4 Å². The van der Waals surface area contributed by atoms with Crippen molar-refractivity contribution in [1.29, 1.82) is 0 Å². The second kappa shape index (κ2) is 9.60. The van der Waals surface area contributed by atoms with Gasteiger partial charge in [0, 0.05) is 55.2 Å². The molecule has 1 atom stereocenters. The van der Waals surface area contributed by atoms with E-state index in [1.807, 2.05) is 53.4 Å². The normalized spacial score (nSPS) is 15.5. The van der Waals surface area contributed by atoms with Gasteiger partial charge in [-0.05, 0) is 37.1 Å². The summed E-state index contributed by atoms with van der Waals surface area (Å²) in [6, 6.07) is 17.3. The highest BCUT2D eigenvalue weighted by Gasteiger charge is 2.32. The van der Waals surface area contributed by atoms with Crippen LogP contribution in [0.25, 0.3) is 11.3 Å². The minimum absolute atomic E-state index is 0.0712. The first-order chi connectivity index (χ1) is 16.3. The standard InChI is InChI=1S/C25H24N6O2/c32-24(11-10-20-12-14-27-33-20)31-15-5-9-22(31)25-29-21(18-6-4-13-26-17-18)16-23(30-25)28-19-7-2-1-3-8-19/h1-4,6-8,12-14,16-17,22H,5,9-11,15H2,(H,28,29,30)/t22-/m1/s1. The van der Waals surface area contributed by atoms with Crippen molar-refractivity contribution in [3.63, 3.8) is 0 Å². The molecule has 1 amide bonds. The highest BCUT2D eigenvalue weighted by molar-refractivity contribution is 5.77. The van der Waals surface area contributed by atoms with Crippen molar-refractivity contribution in [3.05, 3.63) is 84.8 Å². The smallest absolute Gasteiger partial charge is 0.223 e. The van der Waals surface area contributed by atoms with E-state index in [0.29, 0.717) is 36.8 Å². The topological polar surface area (TPSA) is 97.0 Å². The zero-order valence-corrected chi connectivity index (χ0v) is 18.1. The van der Waals surface area contributed by atoms with Crippen LogP contribution in [0, 0.1) is 0 Å². The van der Waals surface area contributed by atoms with Crippen LogP contribution in [0.3, 0.4) is 0 Å². The fraction of sp³-hybridized carbons (Fsp3) is 0.240. The van der Waals surface area contributed by atoms with Gasteiger partial charge in [-0.15, -0.1) is 0 Å². The van der Waals surface area contributed by atoms with Crippen molar-refractivity contribution in [3.8, 4) is 11.3 Å². The van der Waals surface area contributed by atoms with Gasteiger partial charge in [0.15, 0.2) is 5.82 Å². The first kappa shape index (κ1) is 20.8. The van der Waals surface area contributed by atoms with Gasteiger partial charge in [0.1, 0.15) is 11.6 Å². The number of rotatable bonds is 7. The number of likely N-dealkylation sites (tertiary alicyclic amines) is 1. The number of benzene rings is 1. The van der Waals surface area contributed by atoms with Crippen LogP contribution < -0.4 is 5.32 Å². The highest BCUT2D eigenvalue weighted by atomic mass is 16.5. The summed E-state index contributed by atoms with van der Waals surface area (Å²) in [5.41, 5.74) is 2.61. The monoisotopic (exact) mass is 440 g/mol. The van der Waals surface area contributed by atoms with Crippen LogP contribution in [0.4, 0.5) is 11.5 Å². The van der Waals surface area contributed by atoms with Crippen LogP contribution in [0.2, 0.25) is 0 Å². The molecule has 1 aliphatic rings. The van der Waals surface area contributed by atoms with Crippen LogP contribution >= 0.6 is 0 Å². The summed E-state index contributed by atoms with van der Waals surface area (Å²) in [6.07, 6.45) is 7.75. The minimum atomic E-state index is -0.167. The summed E-state index contributed by atoms with van der Waals surface area (Å²) >= 11 is 0. The Balaban J connectivity index is 1.44. The summed E-state index contributed by atoms with van der Waals surface area (Å²) in [4.78, 5) is 28.8.